The molecule has 0 radical (unpaired) electrons. The van der Waals surface area contributed by atoms with Gasteiger partial charge in [0.05, 0.1) is 16.7 Å². The lowest BCUT2D eigenvalue weighted by Gasteiger charge is -2.15. The van der Waals surface area contributed by atoms with E-state index in [2.05, 4.69) is 20.7 Å². The summed E-state index contributed by atoms with van der Waals surface area (Å²) in [5.41, 5.74) is 0. The van der Waals surface area contributed by atoms with Gasteiger partial charge in [0, 0.05) is 11.6 Å². The van der Waals surface area contributed by atoms with E-state index in [0.717, 1.165) is 0 Å². The lowest BCUT2D eigenvalue weighted by molar-refractivity contribution is -0.140. The second-order valence-electron chi connectivity index (χ2n) is 3.67. The lowest BCUT2D eigenvalue weighted by Crippen LogP contribution is -2.43. The predicted octanol–water partition coefficient (Wildman–Crippen LogP) is 2.13. The van der Waals surface area contributed by atoms with Crippen molar-refractivity contribution in [1.29, 1.82) is 0 Å². The van der Waals surface area contributed by atoms with Gasteiger partial charge in [-0.25, -0.2) is 8.42 Å². The van der Waals surface area contributed by atoms with Gasteiger partial charge in [0.25, 0.3) is 0 Å². The Hall–Kier alpha value is -0.380. The number of halogens is 3. The van der Waals surface area contributed by atoms with Crippen LogP contribution < -0.4 is 4.72 Å². The molecule has 0 aromatic heterocycles. The Kier molecular flexibility index (Phi) is 6.24. The van der Waals surface area contributed by atoms with Gasteiger partial charge >= 0.3 is 5.97 Å². The molecule has 0 bridgehead atoms. The molecule has 0 saturated heterocycles. The Balaban J connectivity index is 3.20. The first-order valence-electron chi connectivity index (χ1n) is 5.07. The molecule has 1 rings (SSSR count). The maximum absolute atomic E-state index is 12.2. The minimum Gasteiger partial charge on any atom is -0.480 e. The number of carboxylic acid groups (broad SMARTS) is 1. The van der Waals surface area contributed by atoms with Gasteiger partial charge < -0.3 is 9.84 Å². The van der Waals surface area contributed by atoms with Crippen molar-refractivity contribution in [2.24, 2.45) is 0 Å². The zero-order valence-electron chi connectivity index (χ0n) is 10.1. The summed E-state index contributed by atoms with van der Waals surface area (Å²) in [6.07, 6.45) is 0. The normalized spacial score (nSPS) is 13.2. The zero-order chi connectivity index (χ0) is 15.5. The first-order valence-corrected chi connectivity index (χ1v) is 8.11. The van der Waals surface area contributed by atoms with Gasteiger partial charge in [0.1, 0.15) is 10.9 Å². The summed E-state index contributed by atoms with van der Waals surface area (Å²) in [6, 6.07) is 1.24. The molecular weight excluding hydrogens is 397 g/mol. The summed E-state index contributed by atoms with van der Waals surface area (Å²) in [7, 11) is -2.95. The van der Waals surface area contributed by atoms with E-state index in [4.69, 9.17) is 28.3 Å². The summed E-state index contributed by atoms with van der Waals surface area (Å²) in [4.78, 5) is 10.6. The first kappa shape index (κ1) is 17.7. The highest BCUT2D eigenvalue weighted by Gasteiger charge is 2.29. The summed E-state index contributed by atoms with van der Waals surface area (Å²) < 4.78 is 31.4. The number of methoxy groups -OCH3 is 1. The van der Waals surface area contributed by atoms with E-state index < -0.39 is 22.0 Å². The number of carboxylic acids is 1. The minimum absolute atomic E-state index is 0.126. The number of ether oxygens (including phenoxy) is 1. The van der Waals surface area contributed by atoms with Crippen LogP contribution in [0.4, 0.5) is 0 Å². The number of carbonyl (C=O) groups is 1. The predicted molar refractivity (Wildman–Crippen MR) is 77.8 cm³/mol. The SMILES string of the molecule is COCC(NS(=O)(=O)c1c(Cl)cc(Br)cc1Cl)C(=O)O. The third-order valence-electron chi connectivity index (χ3n) is 2.16. The fourth-order valence-corrected chi connectivity index (χ4v) is 4.46. The maximum Gasteiger partial charge on any atom is 0.324 e. The van der Waals surface area contributed by atoms with Crippen molar-refractivity contribution in [2.75, 3.05) is 13.7 Å². The minimum atomic E-state index is -4.20. The summed E-state index contributed by atoms with van der Waals surface area (Å²) in [5.74, 6) is -1.38. The molecular formula is C10H10BrCl2NO5S. The molecule has 0 fully saturated rings. The van der Waals surface area contributed by atoms with Gasteiger partial charge in [0.2, 0.25) is 10.0 Å². The number of nitrogens with one attached hydrogen (secondary N) is 1. The number of sulfonamides is 1. The Morgan fingerprint density at radius 1 is 1.45 bits per heavy atom. The molecule has 10 heteroatoms. The number of rotatable bonds is 6. The van der Waals surface area contributed by atoms with Crippen molar-refractivity contribution in [1.82, 2.24) is 4.72 Å². The van der Waals surface area contributed by atoms with Gasteiger partial charge in [-0.05, 0) is 12.1 Å². The van der Waals surface area contributed by atoms with E-state index in [1.165, 1.54) is 19.2 Å². The Morgan fingerprint density at radius 2 is 1.95 bits per heavy atom. The molecule has 0 spiro atoms. The number of hydrogen-bond donors (Lipinski definition) is 2. The molecule has 1 atom stereocenters. The second-order valence-corrected chi connectivity index (χ2v) is 7.05. The van der Waals surface area contributed by atoms with Gasteiger partial charge in [-0.2, -0.15) is 4.72 Å². The lowest BCUT2D eigenvalue weighted by atomic mass is 10.3. The van der Waals surface area contributed by atoms with Crippen LogP contribution >= 0.6 is 39.1 Å². The molecule has 6 nitrogen and oxygen atoms in total. The first-order chi connectivity index (χ1) is 9.19. The highest BCUT2D eigenvalue weighted by Crippen LogP contribution is 2.32. The molecule has 0 heterocycles. The molecule has 1 aromatic rings. The smallest absolute Gasteiger partial charge is 0.324 e. The van der Waals surface area contributed by atoms with Crippen molar-refractivity contribution >= 4 is 55.1 Å². The topological polar surface area (TPSA) is 92.7 Å². The van der Waals surface area contributed by atoms with Crippen LogP contribution in [0.3, 0.4) is 0 Å². The molecule has 2 N–H and O–H groups in total. The van der Waals surface area contributed by atoms with Gasteiger partial charge in [-0.3, -0.25) is 4.79 Å². The maximum atomic E-state index is 12.2. The molecule has 0 aliphatic rings. The zero-order valence-corrected chi connectivity index (χ0v) is 14.0. The standard InChI is InChI=1S/C10H10BrCl2NO5S/c1-19-4-8(10(15)16)14-20(17,18)9-6(12)2-5(11)3-7(9)13/h2-3,8,14H,4H2,1H3,(H,15,16). The average molecular weight is 407 g/mol. The van der Waals surface area contributed by atoms with E-state index in [9.17, 15) is 13.2 Å². The quantitative estimate of drug-likeness (QED) is 0.754. The van der Waals surface area contributed by atoms with Crippen LogP contribution in [0.2, 0.25) is 10.0 Å². The fourth-order valence-electron chi connectivity index (χ4n) is 1.35. The molecule has 112 valence electrons. The van der Waals surface area contributed by atoms with Gasteiger partial charge in [-0.15, -0.1) is 0 Å². The van der Waals surface area contributed by atoms with Crippen LogP contribution in [0.25, 0.3) is 0 Å². The largest absolute Gasteiger partial charge is 0.480 e. The molecule has 0 saturated carbocycles. The van der Waals surface area contributed by atoms with E-state index in [-0.39, 0.29) is 21.5 Å². The van der Waals surface area contributed by atoms with Crippen LogP contribution in [0.15, 0.2) is 21.5 Å². The van der Waals surface area contributed by atoms with Crippen LogP contribution in [0, 0.1) is 0 Å². The monoisotopic (exact) mass is 405 g/mol. The Labute approximate surface area is 134 Å². The summed E-state index contributed by atoms with van der Waals surface area (Å²) >= 11 is 14.8. The molecule has 0 aliphatic carbocycles. The van der Waals surface area contributed by atoms with E-state index in [1.54, 1.807) is 0 Å². The molecule has 1 aromatic carbocycles. The highest BCUT2D eigenvalue weighted by molar-refractivity contribution is 9.10. The molecule has 0 amide bonds. The third kappa shape index (κ3) is 4.31. The van der Waals surface area contributed by atoms with Crippen LogP contribution in [0.5, 0.6) is 0 Å². The third-order valence-corrected chi connectivity index (χ3v) is 5.01. The van der Waals surface area contributed by atoms with Gasteiger partial charge in [-0.1, -0.05) is 39.1 Å². The van der Waals surface area contributed by atoms with Crippen LogP contribution in [-0.2, 0) is 19.6 Å². The Morgan fingerprint density at radius 3 is 2.35 bits per heavy atom. The summed E-state index contributed by atoms with van der Waals surface area (Å²) in [5, 5.41) is 8.66. The molecule has 1 unspecified atom stereocenters. The number of benzene rings is 1. The van der Waals surface area contributed by atoms with Gasteiger partial charge in [0.15, 0.2) is 0 Å². The Bertz CT molecular complexity index is 599. The molecule has 0 aliphatic heterocycles. The second kappa shape index (κ2) is 7.06. The van der Waals surface area contributed by atoms with Crippen LogP contribution in [0.1, 0.15) is 0 Å². The van der Waals surface area contributed by atoms with Crippen molar-refractivity contribution in [2.45, 2.75) is 10.9 Å². The number of hydrogen-bond acceptors (Lipinski definition) is 4. The molecule has 20 heavy (non-hydrogen) atoms. The van der Waals surface area contributed by atoms with Crippen molar-refractivity contribution in [3.05, 3.63) is 26.7 Å². The van der Waals surface area contributed by atoms with Crippen molar-refractivity contribution in [3.63, 3.8) is 0 Å². The fraction of sp³-hybridized carbons (Fsp3) is 0.300. The van der Waals surface area contributed by atoms with E-state index in [0.29, 0.717) is 4.47 Å². The van der Waals surface area contributed by atoms with Crippen molar-refractivity contribution < 1.29 is 23.1 Å². The van der Waals surface area contributed by atoms with E-state index >= 15 is 0 Å². The van der Waals surface area contributed by atoms with E-state index in [1.807, 2.05) is 4.72 Å². The summed E-state index contributed by atoms with van der Waals surface area (Å²) in [6.45, 7) is -0.333. The highest BCUT2D eigenvalue weighted by atomic mass is 79.9. The van der Waals surface area contributed by atoms with Crippen molar-refractivity contribution in [3.8, 4) is 0 Å². The average Bonchev–Trinajstić information content (AvgIpc) is 2.25. The number of aliphatic carboxylic acids is 1. The van der Waals surface area contributed by atoms with Crippen LogP contribution in [-0.4, -0.2) is 39.3 Å².